The lowest BCUT2D eigenvalue weighted by molar-refractivity contribution is -0.129. The Kier molecular flexibility index (Phi) is 13.3. The standard InChI is InChI=1S/C50H58BrN15O6S/c1-61-28-32(23-55-61)36-21-40(57-50-54-24-37(51)47(59-50)56-39-7-6-38-45(53-13-12-52-38)46(39)60-73(3,70)71)43(72-2)22-42(36)64-14-10-33(11-15-64)63-18-16-62(17-19-63)25-30-26-65(27-30)34-4-5-35-31(20-34)29-66(49(35)69)41-8-9-44(67)58-48(41)68/h4-7,12-13,20-24,28,30,33,41,48,60,68H,8-11,14-19,25-27,29H2,1-3H3,(H,58,67)(H2,54,56,57,59). The van der Waals surface area contributed by atoms with Crippen molar-refractivity contribution < 1.29 is 27.9 Å². The van der Waals surface area contributed by atoms with Crippen LogP contribution in [0.3, 0.4) is 0 Å². The number of halogens is 1. The molecule has 5 aliphatic heterocycles. The predicted octanol–water partition coefficient (Wildman–Crippen LogP) is 4.73. The highest BCUT2D eigenvalue weighted by atomic mass is 79.9. The molecule has 3 aromatic heterocycles. The Balaban J connectivity index is 0.707. The maximum absolute atomic E-state index is 13.2. The molecular weight excluding hydrogens is 1020 g/mol. The molecule has 6 aromatic rings. The summed E-state index contributed by atoms with van der Waals surface area (Å²) in [5.74, 6) is 1.61. The summed E-state index contributed by atoms with van der Waals surface area (Å²) in [6.45, 7) is 9.49. The topological polar surface area (TPSA) is 231 Å². The maximum atomic E-state index is 13.2. The van der Waals surface area contributed by atoms with Crippen molar-refractivity contribution in [3.05, 3.63) is 89.0 Å². The lowest BCUT2D eigenvalue weighted by Crippen LogP contribution is -2.57. The minimum absolute atomic E-state index is 0.0806. The molecule has 0 spiro atoms. The third-order valence-corrected chi connectivity index (χ3v) is 15.9. The van der Waals surface area contributed by atoms with Crippen LogP contribution < -0.4 is 35.2 Å². The zero-order valence-corrected chi connectivity index (χ0v) is 43.2. The summed E-state index contributed by atoms with van der Waals surface area (Å²) in [4.78, 5) is 54.9. The number of aromatic nitrogens is 6. The first-order valence-electron chi connectivity index (χ1n) is 24.6. The van der Waals surface area contributed by atoms with Crippen molar-refractivity contribution in [3.63, 3.8) is 0 Å². The molecule has 73 heavy (non-hydrogen) atoms. The van der Waals surface area contributed by atoms with Gasteiger partial charge in [-0.05, 0) is 77.2 Å². The highest BCUT2D eigenvalue weighted by molar-refractivity contribution is 9.10. The number of fused-ring (bicyclic) bond motifs is 2. The molecule has 0 radical (unpaired) electrons. The summed E-state index contributed by atoms with van der Waals surface area (Å²) in [5.41, 5.74) is 8.05. The van der Waals surface area contributed by atoms with E-state index in [1.807, 2.05) is 31.6 Å². The van der Waals surface area contributed by atoms with E-state index in [0.717, 1.165) is 106 Å². The number of aliphatic hydroxyl groups excluding tert-OH is 1. The lowest BCUT2D eigenvalue weighted by Gasteiger charge is -2.46. The van der Waals surface area contributed by atoms with Crippen molar-refractivity contribution in [2.24, 2.45) is 13.0 Å². The SMILES string of the molecule is COc1cc(N2CCC(N3CCN(CC4CN(c5ccc6c(c5)CN(C5CCC(=O)NC5O)C6=O)C4)CC3)CC2)c(-c2cnn(C)c2)cc1Nc1ncc(Br)c(Nc2ccc3nccnc3c2NS(C)(=O)=O)n1. The van der Waals surface area contributed by atoms with Gasteiger partial charge < -0.3 is 45.4 Å². The summed E-state index contributed by atoms with van der Waals surface area (Å²) in [6, 6.07) is 13.8. The highest BCUT2D eigenvalue weighted by Crippen LogP contribution is 2.42. The summed E-state index contributed by atoms with van der Waals surface area (Å²) < 4.78 is 35.9. The number of hydrogen-bond acceptors (Lipinski definition) is 17. The van der Waals surface area contributed by atoms with Gasteiger partial charge in [-0.2, -0.15) is 10.1 Å². The predicted molar refractivity (Wildman–Crippen MR) is 282 cm³/mol. The van der Waals surface area contributed by atoms with Gasteiger partial charge in [-0.3, -0.25) is 33.9 Å². The number of aliphatic hydroxyl groups is 1. The summed E-state index contributed by atoms with van der Waals surface area (Å²) in [5, 5.41) is 24.2. The molecule has 382 valence electrons. The lowest BCUT2D eigenvalue weighted by atomic mass is 9.96. The first kappa shape index (κ1) is 48.6. The van der Waals surface area contributed by atoms with Crippen LogP contribution in [0.25, 0.3) is 22.2 Å². The van der Waals surface area contributed by atoms with Crippen LogP contribution in [0.15, 0.2) is 77.9 Å². The number of hydrogen-bond donors (Lipinski definition) is 5. The number of anilines is 7. The second kappa shape index (κ2) is 20.0. The van der Waals surface area contributed by atoms with Crippen LogP contribution >= 0.6 is 15.9 Å². The number of aryl methyl sites for hydroxylation is 1. The number of ether oxygens (including phenoxy) is 1. The van der Waals surface area contributed by atoms with Crippen molar-refractivity contribution in [1.29, 1.82) is 0 Å². The highest BCUT2D eigenvalue weighted by Gasteiger charge is 2.40. The monoisotopic (exact) mass is 1080 g/mol. The van der Waals surface area contributed by atoms with Gasteiger partial charge in [0, 0.05) is 150 Å². The van der Waals surface area contributed by atoms with Crippen LogP contribution in [0.5, 0.6) is 5.75 Å². The van der Waals surface area contributed by atoms with E-state index in [0.29, 0.717) is 75.4 Å². The number of nitrogens with one attached hydrogen (secondary N) is 4. The van der Waals surface area contributed by atoms with Crippen LogP contribution in [0.2, 0.25) is 0 Å². The molecular formula is C50H58BrN15O6S. The Labute approximate surface area is 431 Å². The average molecular weight is 1080 g/mol. The normalized spacial score (nSPS) is 20.3. The molecule has 0 bridgehead atoms. The number of amides is 2. The minimum Gasteiger partial charge on any atom is -0.494 e. The zero-order valence-electron chi connectivity index (χ0n) is 40.8. The molecule has 5 N–H and O–H groups in total. The largest absolute Gasteiger partial charge is 0.494 e. The Bertz CT molecular complexity index is 3190. The number of piperazine rings is 1. The fraction of sp³-hybridized carbons (Fsp3) is 0.420. The van der Waals surface area contributed by atoms with E-state index in [1.54, 1.807) is 41.2 Å². The summed E-state index contributed by atoms with van der Waals surface area (Å²) in [7, 11) is -0.115. The van der Waals surface area contributed by atoms with E-state index < -0.39 is 22.3 Å². The number of benzene rings is 3. The Morgan fingerprint density at radius 3 is 2.42 bits per heavy atom. The molecule has 8 heterocycles. The van der Waals surface area contributed by atoms with Gasteiger partial charge in [-0.15, -0.1) is 0 Å². The maximum Gasteiger partial charge on any atom is 0.254 e. The molecule has 3 aromatic carbocycles. The molecule has 11 rings (SSSR count). The molecule has 0 saturated carbocycles. The van der Waals surface area contributed by atoms with E-state index in [4.69, 9.17) is 9.72 Å². The number of carbonyl (C=O) groups excluding carboxylic acids is 2. The number of nitrogens with zero attached hydrogens (tertiary/aromatic N) is 11. The van der Waals surface area contributed by atoms with E-state index in [2.05, 4.69) is 94.5 Å². The molecule has 21 nitrogen and oxygen atoms in total. The van der Waals surface area contributed by atoms with E-state index in [-0.39, 0.29) is 23.5 Å². The molecule has 23 heteroatoms. The Hall–Kier alpha value is -6.66. The van der Waals surface area contributed by atoms with Gasteiger partial charge in [0.15, 0.2) is 0 Å². The average Bonchev–Trinajstić information content (AvgIpc) is 3.95. The quantitative estimate of drug-likeness (QED) is 0.0993. The van der Waals surface area contributed by atoms with Crippen molar-refractivity contribution in [2.75, 3.05) is 97.4 Å². The molecule has 5 aliphatic rings. The van der Waals surface area contributed by atoms with Crippen molar-refractivity contribution in [3.8, 4) is 16.9 Å². The minimum atomic E-state index is -3.67. The number of rotatable bonds is 14. The number of piperidine rings is 2. The number of methoxy groups -OCH3 is 1. The van der Waals surface area contributed by atoms with Gasteiger partial charge in [0.25, 0.3) is 5.91 Å². The molecule has 2 atom stereocenters. The van der Waals surface area contributed by atoms with Crippen LogP contribution in [0.4, 0.5) is 40.2 Å². The van der Waals surface area contributed by atoms with E-state index in [1.165, 1.54) is 6.20 Å². The summed E-state index contributed by atoms with van der Waals surface area (Å²) in [6.07, 6.45) is 11.4. The fourth-order valence-corrected chi connectivity index (χ4v) is 11.9. The van der Waals surface area contributed by atoms with Crippen LogP contribution in [0, 0.1) is 5.92 Å². The first-order valence-corrected chi connectivity index (χ1v) is 27.3. The molecule has 2 unspecified atom stereocenters. The van der Waals surface area contributed by atoms with Crippen LogP contribution in [-0.2, 0) is 28.4 Å². The van der Waals surface area contributed by atoms with E-state index in [9.17, 15) is 23.1 Å². The Morgan fingerprint density at radius 2 is 1.68 bits per heavy atom. The molecule has 0 aliphatic carbocycles. The zero-order chi connectivity index (χ0) is 50.5. The Morgan fingerprint density at radius 1 is 0.890 bits per heavy atom. The van der Waals surface area contributed by atoms with Crippen molar-refractivity contribution in [2.45, 2.75) is 50.5 Å². The molecule has 2 amide bonds. The molecule has 4 fully saturated rings. The van der Waals surface area contributed by atoms with E-state index >= 15 is 0 Å². The summed E-state index contributed by atoms with van der Waals surface area (Å²) >= 11 is 3.56. The first-order chi connectivity index (χ1) is 35.2. The van der Waals surface area contributed by atoms with Crippen LogP contribution in [0.1, 0.15) is 41.6 Å². The third-order valence-electron chi connectivity index (χ3n) is 14.7. The van der Waals surface area contributed by atoms with Gasteiger partial charge >= 0.3 is 0 Å². The van der Waals surface area contributed by atoms with Gasteiger partial charge in [-0.1, -0.05) is 0 Å². The number of carbonyl (C=O) groups is 2. The number of sulfonamides is 1. The van der Waals surface area contributed by atoms with Gasteiger partial charge in [0.2, 0.25) is 21.9 Å². The van der Waals surface area contributed by atoms with Gasteiger partial charge in [0.05, 0.1) is 52.7 Å². The van der Waals surface area contributed by atoms with Crippen LogP contribution in [-0.4, -0.2) is 160 Å². The van der Waals surface area contributed by atoms with Crippen molar-refractivity contribution >= 4 is 89.0 Å². The fourth-order valence-electron chi connectivity index (χ4n) is 11.0. The van der Waals surface area contributed by atoms with Crippen molar-refractivity contribution in [1.82, 2.24) is 49.7 Å². The smallest absolute Gasteiger partial charge is 0.254 e. The second-order valence-electron chi connectivity index (χ2n) is 19.6. The third kappa shape index (κ3) is 10.2. The van der Waals surface area contributed by atoms with Gasteiger partial charge in [0.1, 0.15) is 23.3 Å². The second-order valence-corrected chi connectivity index (χ2v) is 22.2. The molecule has 4 saturated heterocycles. The van der Waals surface area contributed by atoms with Gasteiger partial charge in [-0.25, -0.2) is 13.4 Å².